The fourth-order valence-corrected chi connectivity index (χ4v) is 5.30. The van der Waals surface area contributed by atoms with Gasteiger partial charge in [-0.15, -0.1) is 10.2 Å². The smallest absolute Gasteiger partial charge is 0.196 e. The second-order valence-corrected chi connectivity index (χ2v) is 10.1. The van der Waals surface area contributed by atoms with Crippen LogP contribution in [0, 0.1) is 6.92 Å². The third kappa shape index (κ3) is 6.07. The van der Waals surface area contributed by atoms with Gasteiger partial charge in [0.25, 0.3) is 0 Å². The van der Waals surface area contributed by atoms with Crippen molar-refractivity contribution in [2.75, 3.05) is 25.1 Å². The van der Waals surface area contributed by atoms with Crippen LogP contribution in [0.4, 0.5) is 5.69 Å². The van der Waals surface area contributed by atoms with E-state index < -0.39 is 0 Å². The minimum atomic E-state index is 0.0419. The van der Waals surface area contributed by atoms with E-state index in [9.17, 15) is 5.11 Å². The Bertz CT molecular complexity index is 1180. The van der Waals surface area contributed by atoms with Crippen LogP contribution in [0.15, 0.2) is 78.0 Å². The van der Waals surface area contributed by atoms with E-state index in [4.69, 9.17) is 11.6 Å². The summed E-state index contributed by atoms with van der Waals surface area (Å²) in [5, 5.41) is 20.1. The molecule has 0 aliphatic rings. The molecule has 0 saturated carbocycles. The maximum absolute atomic E-state index is 9.26. The van der Waals surface area contributed by atoms with Gasteiger partial charge in [-0.05, 0) is 60.9 Å². The maximum Gasteiger partial charge on any atom is 0.196 e. The molecular weight excluding hydrogens is 476 g/mol. The molecule has 0 bridgehead atoms. The van der Waals surface area contributed by atoms with Gasteiger partial charge in [-0.1, -0.05) is 72.2 Å². The van der Waals surface area contributed by atoms with E-state index in [1.807, 2.05) is 24.1 Å². The second-order valence-electron chi connectivity index (χ2n) is 8.61. The predicted octanol–water partition coefficient (Wildman–Crippen LogP) is 6.49. The lowest BCUT2D eigenvalue weighted by atomic mass is 10.0. The van der Waals surface area contributed by atoms with E-state index in [2.05, 4.69) is 89.3 Å². The largest absolute Gasteiger partial charge is 0.395 e. The first kappa shape index (κ1) is 25.3. The summed E-state index contributed by atoms with van der Waals surface area (Å²) < 4.78 is 2.17. The molecule has 3 aromatic carbocycles. The molecule has 0 aliphatic carbocycles. The van der Waals surface area contributed by atoms with Crippen molar-refractivity contribution in [2.45, 2.75) is 37.1 Å². The number of benzene rings is 3. The van der Waals surface area contributed by atoms with Gasteiger partial charge in [0.1, 0.15) is 5.82 Å². The zero-order valence-electron chi connectivity index (χ0n) is 20.4. The zero-order valence-corrected chi connectivity index (χ0v) is 21.9. The Morgan fingerprint density at radius 2 is 1.57 bits per heavy atom. The summed E-state index contributed by atoms with van der Waals surface area (Å²) in [5.41, 5.74) is 5.68. The van der Waals surface area contributed by atoms with Crippen molar-refractivity contribution in [3.63, 3.8) is 0 Å². The predicted molar refractivity (Wildman–Crippen MR) is 146 cm³/mol. The Balaban J connectivity index is 1.73. The van der Waals surface area contributed by atoms with Crippen molar-refractivity contribution in [1.82, 2.24) is 14.8 Å². The Labute approximate surface area is 216 Å². The molecule has 0 spiro atoms. The van der Waals surface area contributed by atoms with Crippen molar-refractivity contribution >= 4 is 29.1 Å². The van der Waals surface area contributed by atoms with Crippen molar-refractivity contribution in [2.24, 2.45) is 0 Å². The molecule has 5 nitrogen and oxygen atoms in total. The molecule has 0 aliphatic heterocycles. The topological polar surface area (TPSA) is 54.2 Å². The van der Waals surface area contributed by atoms with Crippen molar-refractivity contribution in [3.05, 3.63) is 100 Å². The molecule has 182 valence electrons. The summed E-state index contributed by atoms with van der Waals surface area (Å²) in [6.07, 6.45) is 1.83. The first-order valence-electron chi connectivity index (χ1n) is 11.9. The minimum absolute atomic E-state index is 0.0419. The van der Waals surface area contributed by atoms with Crippen LogP contribution in [-0.2, 0) is 6.42 Å². The number of hydrogen-bond donors (Lipinski definition) is 1. The van der Waals surface area contributed by atoms with Crippen LogP contribution < -0.4 is 4.90 Å². The summed E-state index contributed by atoms with van der Waals surface area (Å²) >= 11 is 7.89. The summed E-state index contributed by atoms with van der Waals surface area (Å²) in [6, 6.07) is 25.0. The number of aromatic nitrogens is 3. The van der Waals surface area contributed by atoms with Crippen molar-refractivity contribution in [3.8, 4) is 5.69 Å². The highest BCUT2D eigenvalue weighted by molar-refractivity contribution is 7.99. The van der Waals surface area contributed by atoms with Crippen LogP contribution in [0.5, 0.6) is 0 Å². The molecule has 35 heavy (non-hydrogen) atoms. The zero-order chi connectivity index (χ0) is 24.8. The molecule has 4 rings (SSSR count). The third-order valence-corrected chi connectivity index (χ3v) is 7.44. The van der Waals surface area contributed by atoms with Gasteiger partial charge in [0, 0.05) is 36.4 Å². The molecule has 0 saturated heterocycles. The van der Waals surface area contributed by atoms with Gasteiger partial charge in [-0.25, -0.2) is 0 Å². The average Bonchev–Trinajstić information content (AvgIpc) is 3.26. The van der Waals surface area contributed by atoms with Crippen LogP contribution >= 0.6 is 23.4 Å². The maximum atomic E-state index is 9.26. The number of rotatable bonds is 10. The lowest BCUT2D eigenvalue weighted by molar-refractivity contribution is 0.304. The van der Waals surface area contributed by atoms with Gasteiger partial charge >= 0.3 is 0 Å². The van der Waals surface area contributed by atoms with E-state index in [-0.39, 0.29) is 11.9 Å². The Morgan fingerprint density at radius 1 is 0.943 bits per heavy atom. The average molecular weight is 507 g/mol. The number of nitrogens with zero attached hydrogens (tertiary/aromatic N) is 4. The standard InChI is InChI=1S/C28H31ClN4OS/c1-4-5-26-30-31-28(33(26)25-16-14-24(15-17-25)32(3)18-19-34)35-27(21-8-6-20(2)7-9-21)22-10-12-23(29)13-11-22/h6-17,27,34H,4-5,18-19H2,1-3H3. The molecule has 0 radical (unpaired) electrons. The highest BCUT2D eigenvalue weighted by atomic mass is 35.5. The number of aliphatic hydroxyl groups excluding tert-OH is 1. The van der Waals surface area contributed by atoms with Gasteiger partial charge in [-0.3, -0.25) is 4.57 Å². The number of likely N-dealkylation sites (N-methyl/N-ethyl adjacent to an activating group) is 1. The van der Waals surface area contributed by atoms with E-state index >= 15 is 0 Å². The van der Waals surface area contributed by atoms with Crippen LogP contribution in [0.25, 0.3) is 5.69 Å². The number of anilines is 1. The highest BCUT2D eigenvalue weighted by Crippen LogP contribution is 2.41. The van der Waals surface area contributed by atoms with Crippen molar-refractivity contribution < 1.29 is 5.11 Å². The molecule has 1 N–H and O–H groups in total. The van der Waals surface area contributed by atoms with Gasteiger partial charge in [0.15, 0.2) is 5.16 Å². The van der Waals surface area contributed by atoms with Crippen molar-refractivity contribution in [1.29, 1.82) is 0 Å². The molecule has 4 aromatic rings. The van der Waals surface area contributed by atoms with Gasteiger partial charge in [0.2, 0.25) is 0 Å². The number of thioether (sulfide) groups is 1. The van der Waals surface area contributed by atoms with Gasteiger partial charge in [-0.2, -0.15) is 0 Å². The monoisotopic (exact) mass is 506 g/mol. The molecular formula is C28H31ClN4OS. The second kappa shape index (κ2) is 11.8. The quantitative estimate of drug-likeness (QED) is 0.249. The fraction of sp³-hybridized carbons (Fsp3) is 0.286. The third-order valence-electron chi connectivity index (χ3n) is 5.93. The fourth-order valence-electron chi connectivity index (χ4n) is 3.97. The Morgan fingerprint density at radius 3 is 2.17 bits per heavy atom. The molecule has 7 heteroatoms. The SMILES string of the molecule is CCCc1nnc(SC(c2ccc(C)cc2)c2ccc(Cl)cc2)n1-c1ccc(N(C)CCO)cc1. The molecule has 1 atom stereocenters. The molecule has 1 aromatic heterocycles. The first-order valence-corrected chi connectivity index (χ1v) is 13.1. The lowest BCUT2D eigenvalue weighted by Crippen LogP contribution is -2.20. The molecule has 0 fully saturated rings. The molecule has 1 heterocycles. The number of aliphatic hydroxyl groups is 1. The van der Waals surface area contributed by atoms with Crippen LogP contribution in [0.3, 0.4) is 0 Å². The van der Waals surface area contributed by atoms with E-state index in [1.165, 1.54) is 11.1 Å². The molecule has 1 unspecified atom stereocenters. The summed E-state index contributed by atoms with van der Waals surface area (Å²) in [6.45, 7) is 4.97. The van der Waals surface area contributed by atoms with Crippen LogP contribution in [-0.4, -0.2) is 40.1 Å². The highest BCUT2D eigenvalue weighted by Gasteiger charge is 2.22. The summed E-state index contributed by atoms with van der Waals surface area (Å²) in [7, 11) is 1.98. The normalized spacial score (nSPS) is 12.0. The van der Waals surface area contributed by atoms with Gasteiger partial charge < -0.3 is 10.0 Å². The van der Waals surface area contributed by atoms with Gasteiger partial charge in [0.05, 0.1) is 11.9 Å². The van der Waals surface area contributed by atoms with E-state index in [0.717, 1.165) is 45.8 Å². The Hall–Kier alpha value is -2.80. The molecule has 0 amide bonds. The van der Waals surface area contributed by atoms with E-state index in [0.29, 0.717) is 6.54 Å². The first-order chi connectivity index (χ1) is 17.0. The Kier molecular flexibility index (Phi) is 8.50. The van der Waals surface area contributed by atoms with Crippen LogP contribution in [0.1, 0.15) is 41.1 Å². The van der Waals surface area contributed by atoms with Crippen LogP contribution in [0.2, 0.25) is 5.02 Å². The lowest BCUT2D eigenvalue weighted by Gasteiger charge is -2.20. The number of aryl methyl sites for hydroxylation is 2. The van der Waals surface area contributed by atoms with E-state index in [1.54, 1.807) is 11.8 Å². The summed E-state index contributed by atoms with van der Waals surface area (Å²) in [4.78, 5) is 2.03. The summed E-state index contributed by atoms with van der Waals surface area (Å²) in [5.74, 6) is 0.949. The minimum Gasteiger partial charge on any atom is -0.395 e. The number of halogens is 1. The number of hydrogen-bond acceptors (Lipinski definition) is 5.